The molecule has 0 bridgehead atoms. The second kappa shape index (κ2) is 3.81. The summed E-state index contributed by atoms with van der Waals surface area (Å²) in [6, 6.07) is 11.2. The summed E-state index contributed by atoms with van der Waals surface area (Å²) in [5, 5.41) is 8.71. The van der Waals surface area contributed by atoms with E-state index >= 15 is 0 Å². The Morgan fingerprint density at radius 1 is 1.43 bits per heavy atom. The van der Waals surface area contributed by atoms with Crippen LogP contribution in [0.3, 0.4) is 0 Å². The molecule has 0 amide bonds. The minimum Gasteiger partial charge on any atom is -0.298 e. The molecule has 1 aromatic rings. The Balaban J connectivity index is 2.23. The minimum absolute atomic E-state index is 0.398. The standard InChI is InChI=1S/C12H14N2/c1-14-9-11-5-3-2-4-10(11)8-12(14)6-7-13/h2-5,12H,6,8-9H2,1H3. The van der Waals surface area contributed by atoms with Crippen LogP contribution in [0.1, 0.15) is 17.5 Å². The van der Waals surface area contributed by atoms with Gasteiger partial charge in [-0.05, 0) is 24.6 Å². The fraction of sp³-hybridized carbons (Fsp3) is 0.417. The van der Waals surface area contributed by atoms with Gasteiger partial charge < -0.3 is 0 Å². The lowest BCUT2D eigenvalue weighted by Crippen LogP contribution is -2.37. The van der Waals surface area contributed by atoms with E-state index < -0.39 is 0 Å². The van der Waals surface area contributed by atoms with Gasteiger partial charge >= 0.3 is 0 Å². The van der Waals surface area contributed by atoms with Crippen molar-refractivity contribution in [3.63, 3.8) is 0 Å². The number of benzene rings is 1. The Labute approximate surface area is 84.8 Å². The van der Waals surface area contributed by atoms with E-state index in [0.29, 0.717) is 12.5 Å². The molecule has 2 rings (SSSR count). The van der Waals surface area contributed by atoms with Gasteiger partial charge in [-0.25, -0.2) is 0 Å². The third-order valence-corrected chi connectivity index (χ3v) is 2.94. The molecule has 1 aliphatic heterocycles. The lowest BCUT2D eigenvalue weighted by atomic mass is 9.93. The molecular formula is C12H14N2. The van der Waals surface area contributed by atoms with Crippen molar-refractivity contribution in [1.29, 1.82) is 5.26 Å². The summed E-state index contributed by atoms with van der Waals surface area (Å²) in [4.78, 5) is 2.27. The lowest BCUT2D eigenvalue weighted by Gasteiger charge is -2.32. The number of fused-ring (bicyclic) bond motifs is 1. The summed E-state index contributed by atoms with van der Waals surface area (Å²) >= 11 is 0. The van der Waals surface area contributed by atoms with Crippen LogP contribution in [0.2, 0.25) is 0 Å². The second-order valence-electron chi connectivity index (χ2n) is 3.90. The van der Waals surface area contributed by atoms with Crippen molar-refractivity contribution in [1.82, 2.24) is 4.90 Å². The number of rotatable bonds is 1. The van der Waals surface area contributed by atoms with Crippen LogP contribution in [0.5, 0.6) is 0 Å². The minimum atomic E-state index is 0.398. The molecule has 72 valence electrons. The van der Waals surface area contributed by atoms with E-state index in [-0.39, 0.29) is 0 Å². The second-order valence-corrected chi connectivity index (χ2v) is 3.90. The highest BCUT2D eigenvalue weighted by Crippen LogP contribution is 2.22. The third kappa shape index (κ3) is 1.64. The Morgan fingerprint density at radius 2 is 2.14 bits per heavy atom. The van der Waals surface area contributed by atoms with Gasteiger partial charge in [-0.1, -0.05) is 24.3 Å². The molecular weight excluding hydrogens is 172 g/mol. The van der Waals surface area contributed by atoms with Crippen LogP contribution >= 0.6 is 0 Å². The van der Waals surface area contributed by atoms with Crippen LogP contribution in [0.25, 0.3) is 0 Å². The number of nitriles is 1. The van der Waals surface area contributed by atoms with Gasteiger partial charge in [0.1, 0.15) is 0 Å². The van der Waals surface area contributed by atoms with Crippen LogP contribution in [0, 0.1) is 11.3 Å². The first-order chi connectivity index (χ1) is 6.81. The molecule has 1 atom stereocenters. The number of hydrogen-bond acceptors (Lipinski definition) is 2. The highest BCUT2D eigenvalue weighted by atomic mass is 15.1. The van der Waals surface area contributed by atoms with Crippen LogP contribution in [0.15, 0.2) is 24.3 Å². The fourth-order valence-electron chi connectivity index (χ4n) is 2.05. The molecule has 1 aromatic carbocycles. The molecule has 1 unspecified atom stereocenters. The Bertz CT molecular complexity index is 365. The summed E-state index contributed by atoms with van der Waals surface area (Å²) < 4.78 is 0. The highest BCUT2D eigenvalue weighted by Gasteiger charge is 2.22. The monoisotopic (exact) mass is 186 g/mol. The summed E-state index contributed by atoms with van der Waals surface area (Å²) in [6.45, 7) is 0.975. The van der Waals surface area contributed by atoms with Crippen molar-refractivity contribution in [3.8, 4) is 6.07 Å². The van der Waals surface area contributed by atoms with Gasteiger partial charge in [0.05, 0.1) is 12.5 Å². The molecule has 0 radical (unpaired) electrons. The summed E-state index contributed by atoms with van der Waals surface area (Å²) in [7, 11) is 2.10. The Morgan fingerprint density at radius 3 is 2.86 bits per heavy atom. The largest absolute Gasteiger partial charge is 0.298 e. The molecule has 1 aliphatic rings. The van der Waals surface area contributed by atoms with Crippen LogP contribution in [0.4, 0.5) is 0 Å². The van der Waals surface area contributed by atoms with E-state index in [9.17, 15) is 0 Å². The predicted molar refractivity (Wildman–Crippen MR) is 55.6 cm³/mol. The van der Waals surface area contributed by atoms with Crippen LogP contribution in [-0.2, 0) is 13.0 Å². The van der Waals surface area contributed by atoms with Crippen molar-refractivity contribution < 1.29 is 0 Å². The van der Waals surface area contributed by atoms with Crippen molar-refractivity contribution in [2.24, 2.45) is 0 Å². The summed E-state index contributed by atoms with van der Waals surface area (Å²) in [6.07, 6.45) is 1.64. The van der Waals surface area contributed by atoms with Gasteiger partial charge in [-0.3, -0.25) is 4.90 Å². The van der Waals surface area contributed by atoms with E-state index in [2.05, 4.69) is 42.3 Å². The van der Waals surface area contributed by atoms with Gasteiger partial charge in [0, 0.05) is 12.6 Å². The van der Waals surface area contributed by atoms with Crippen LogP contribution in [-0.4, -0.2) is 18.0 Å². The Hall–Kier alpha value is -1.33. The predicted octanol–water partition coefficient (Wildman–Crippen LogP) is 1.96. The SMILES string of the molecule is CN1Cc2ccccc2CC1CC#N. The molecule has 1 heterocycles. The summed E-state index contributed by atoms with van der Waals surface area (Å²) in [5.74, 6) is 0. The van der Waals surface area contributed by atoms with Crippen molar-refractivity contribution in [3.05, 3.63) is 35.4 Å². The van der Waals surface area contributed by atoms with E-state index in [1.807, 2.05) is 0 Å². The first-order valence-corrected chi connectivity index (χ1v) is 4.95. The van der Waals surface area contributed by atoms with Crippen molar-refractivity contribution in [2.45, 2.75) is 25.4 Å². The van der Waals surface area contributed by atoms with Crippen molar-refractivity contribution >= 4 is 0 Å². The Kier molecular flexibility index (Phi) is 2.51. The van der Waals surface area contributed by atoms with E-state index in [0.717, 1.165) is 13.0 Å². The molecule has 14 heavy (non-hydrogen) atoms. The molecule has 0 saturated heterocycles. The smallest absolute Gasteiger partial charge is 0.0638 e. The molecule has 2 heteroatoms. The lowest BCUT2D eigenvalue weighted by molar-refractivity contribution is 0.218. The van der Waals surface area contributed by atoms with Gasteiger partial charge in [0.25, 0.3) is 0 Å². The fourth-order valence-corrected chi connectivity index (χ4v) is 2.05. The van der Waals surface area contributed by atoms with E-state index in [1.165, 1.54) is 11.1 Å². The van der Waals surface area contributed by atoms with Crippen LogP contribution < -0.4 is 0 Å². The quantitative estimate of drug-likeness (QED) is 0.670. The highest BCUT2D eigenvalue weighted by molar-refractivity contribution is 5.30. The van der Waals surface area contributed by atoms with Gasteiger partial charge in [-0.15, -0.1) is 0 Å². The zero-order valence-electron chi connectivity index (χ0n) is 8.40. The molecule has 0 aliphatic carbocycles. The normalized spacial score (nSPS) is 21.3. The maximum Gasteiger partial charge on any atom is 0.0638 e. The maximum absolute atomic E-state index is 8.71. The summed E-state index contributed by atoms with van der Waals surface area (Å²) in [5.41, 5.74) is 2.81. The van der Waals surface area contributed by atoms with E-state index in [1.54, 1.807) is 0 Å². The number of likely N-dealkylation sites (N-methyl/N-ethyl adjacent to an activating group) is 1. The molecule has 0 saturated carbocycles. The number of hydrogen-bond donors (Lipinski definition) is 0. The zero-order chi connectivity index (χ0) is 9.97. The molecule has 0 N–H and O–H groups in total. The zero-order valence-corrected chi connectivity index (χ0v) is 8.40. The molecule has 2 nitrogen and oxygen atoms in total. The maximum atomic E-state index is 8.71. The molecule has 0 aromatic heterocycles. The molecule has 0 fully saturated rings. The average Bonchev–Trinajstić information content (AvgIpc) is 2.19. The van der Waals surface area contributed by atoms with Gasteiger partial charge in [0.2, 0.25) is 0 Å². The molecule has 0 spiro atoms. The van der Waals surface area contributed by atoms with Crippen molar-refractivity contribution in [2.75, 3.05) is 7.05 Å². The average molecular weight is 186 g/mol. The number of nitrogens with zero attached hydrogens (tertiary/aromatic N) is 2. The first-order valence-electron chi connectivity index (χ1n) is 4.95. The van der Waals surface area contributed by atoms with Gasteiger partial charge in [0.15, 0.2) is 0 Å². The topological polar surface area (TPSA) is 27.0 Å². The third-order valence-electron chi connectivity index (χ3n) is 2.94. The first kappa shape index (κ1) is 9.23. The van der Waals surface area contributed by atoms with Gasteiger partial charge in [-0.2, -0.15) is 5.26 Å². The van der Waals surface area contributed by atoms with E-state index in [4.69, 9.17) is 5.26 Å².